The number of rotatable bonds is 5. The molecule has 0 amide bonds. The zero-order valence-corrected chi connectivity index (χ0v) is 12.3. The van der Waals surface area contributed by atoms with Crippen LogP contribution in [-0.2, 0) is 19.4 Å². The highest BCUT2D eigenvalue weighted by Gasteiger charge is 2.20. The van der Waals surface area contributed by atoms with Crippen molar-refractivity contribution in [1.29, 1.82) is 0 Å². The molecule has 1 atom stereocenters. The van der Waals surface area contributed by atoms with E-state index < -0.39 is 0 Å². The molecule has 0 aliphatic heterocycles. The second-order valence-corrected chi connectivity index (χ2v) is 5.80. The van der Waals surface area contributed by atoms with Crippen molar-refractivity contribution in [1.82, 2.24) is 15.1 Å². The summed E-state index contributed by atoms with van der Waals surface area (Å²) in [7, 11) is 0. The molecule has 1 aliphatic rings. The van der Waals surface area contributed by atoms with Crippen LogP contribution in [0.15, 0.2) is 36.5 Å². The predicted molar refractivity (Wildman–Crippen MR) is 81.7 cm³/mol. The summed E-state index contributed by atoms with van der Waals surface area (Å²) >= 11 is 0. The van der Waals surface area contributed by atoms with Gasteiger partial charge in [-0.05, 0) is 43.4 Å². The third-order valence-electron chi connectivity index (χ3n) is 4.33. The van der Waals surface area contributed by atoms with E-state index in [2.05, 4.69) is 65.5 Å². The maximum absolute atomic E-state index is 4.65. The Labute approximate surface area is 121 Å². The summed E-state index contributed by atoms with van der Waals surface area (Å²) in [4.78, 5) is 0. The van der Waals surface area contributed by atoms with Crippen LogP contribution in [0.3, 0.4) is 0 Å². The number of hydrogen-bond acceptors (Lipinski definition) is 2. The first kappa shape index (κ1) is 13.4. The number of nitrogens with one attached hydrogen (secondary N) is 1. The lowest BCUT2D eigenvalue weighted by Gasteiger charge is -2.11. The monoisotopic (exact) mass is 269 g/mol. The minimum atomic E-state index is 0.486. The Balaban J connectivity index is 1.55. The fraction of sp³-hybridized carbons (Fsp3) is 0.471. The average molecular weight is 269 g/mol. The number of nitrogens with zero attached hydrogens (tertiary/aromatic N) is 2. The second kappa shape index (κ2) is 5.80. The summed E-state index contributed by atoms with van der Waals surface area (Å²) in [6.45, 7) is 5.26. The lowest BCUT2D eigenvalue weighted by molar-refractivity contribution is 0.465. The molecule has 2 aromatic rings. The van der Waals surface area contributed by atoms with Gasteiger partial charge in [0.1, 0.15) is 0 Å². The van der Waals surface area contributed by atoms with Gasteiger partial charge in [0.25, 0.3) is 0 Å². The molecule has 1 N–H and O–H groups in total. The molecule has 106 valence electrons. The van der Waals surface area contributed by atoms with Crippen LogP contribution in [0.5, 0.6) is 0 Å². The largest absolute Gasteiger partial charge is 0.308 e. The third kappa shape index (κ3) is 2.78. The molecular formula is C17H23N3. The van der Waals surface area contributed by atoms with Gasteiger partial charge in [-0.1, -0.05) is 31.2 Å². The number of aromatic nitrogens is 2. The van der Waals surface area contributed by atoms with Crippen LogP contribution in [0.4, 0.5) is 0 Å². The molecule has 0 fully saturated rings. The lowest BCUT2D eigenvalue weighted by Crippen LogP contribution is -2.29. The Kier molecular flexibility index (Phi) is 3.88. The van der Waals surface area contributed by atoms with Gasteiger partial charge < -0.3 is 5.32 Å². The summed E-state index contributed by atoms with van der Waals surface area (Å²) in [5.74, 6) is 0. The SMILES string of the molecule is CCC(C)n1ccc(CNC2Cc3ccccc3C2)n1. The van der Waals surface area contributed by atoms with Crippen LogP contribution in [0.2, 0.25) is 0 Å². The van der Waals surface area contributed by atoms with Crippen LogP contribution < -0.4 is 5.32 Å². The third-order valence-corrected chi connectivity index (χ3v) is 4.33. The molecule has 3 rings (SSSR count). The van der Waals surface area contributed by atoms with Crippen LogP contribution in [0, 0.1) is 0 Å². The van der Waals surface area contributed by atoms with Crippen molar-refractivity contribution < 1.29 is 0 Å². The molecule has 1 aliphatic carbocycles. The van der Waals surface area contributed by atoms with Gasteiger partial charge in [0.05, 0.1) is 5.69 Å². The molecule has 20 heavy (non-hydrogen) atoms. The van der Waals surface area contributed by atoms with Crippen molar-refractivity contribution in [2.24, 2.45) is 0 Å². The fourth-order valence-corrected chi connectivity index (χ4v) is 2.86. The summed E-state index contributed by atoms with van der Waals surface area (Å²) < 4.78 is 2.07. The molecule has 0 saturated heterocycles. The molecule has 1 aromatic heterocycles. The van der Waals surface area contributed by atoms with Crippen molar-refractivity contribution in [3.63, 3.8) is 0 Å². The van der Waals surface area contributed by atoms with Crippen LogP contribution >= 0.6 is 0 Å². The molecule has 0 spiro atoms. The van der Waals surface area contributed by atoms with E-state index in [1.807, 2.05) is 0 Å². The Hall–Kier alpha value is -1.61. The second-order valence-electron chi connectivity index (χ2n) is 5.80. The first-order valence-corrected chi connectivity index (χ1v) is 7.60. The van der Waals surface area contributed by atoms with Gasteiger partial charge in [0, 0.05) is 24.8 Å². The number of benzene rings is 1. The summed E-state index contributed by atoms with van der Waals surface area (Å²) in [6.07, 6.45) is 5.49. The van der Waals surface area contributed by atoms with E-state index >= 15 is 0 Å². The van der Waals surface area contributed by atoms with Crippen LogP contribution in [0.25, 0.3) is 0 Å². The molecule has 3 heteroatoms. The smallest absolute Gasteiger partial charge is 0.0762 e. The maximum Gasteiger partial charge on any atom is 0.0762 e. The van der Waals surface area contributed by atoms with Gasteiger partial charge in [-0.25, -0.2) is 0 Å². The van der Waals surface area contributed by atoms with Crippen molar-refractivity contribution >= 4 is 0 Å². The van der Waals surface area contributed by atoms with Crippen LogP contribution in [-0.4, -0.2) is 15.8 Å². The Morgan fingerprint density at radius 3 is 2.60 bits per heavy atom. The van der Waals surface area contributed by atoms with Crippen LogP contribution in [0.1, 0.15) is 43.1 Å². The van der Waals surface area contributed by atoms with Gasteiger partial charge in [-0.3, -0.25) is 4.68 Å². The van der Waals surface area contributed by atoms with Gasteiger partial charge in [-0.2, -0.15) is 5.10 Å². The average Bonchev–Trinajstić information content (AvgIpc) is 3.10. The Morgan fingerprint density at radius 2 is 1.95 bits per heavy atom. The quantitative estimate of drug-likeness (QED) is 0.904. The Morgan fingerprint density at radius 1 is 1.25 bits per heavy atom. The normalized spacial score (nSPS) is 16.3. The van der Waals surface area contributed by atoms with Gasteiger partial charge in [0.15, 0.2) is 0 Å². The van der Waals surface area contributed by atoms with Gasteiger partial charge in [-0.15, -0.1) is 0 Å². The predicted octanol–water partition coefficient (Wildman–Crippen LogP) is 3.11. The number of fused-ring (bicyclic) bond motifs is 1. The van der Waals surface area contributed by atoms with E-state index in [0.717, 1.165) is 31.5 Å². The van der Waals surface area contributed by atoms with Gasteiger partial charge >= 0.3 is 0 Å². The molecule has 0 bridgehead atoms. The number of hydrogen-bond donors (Lipinski definition) is 1. The minimum Gasteiger partial charge on any atom is -0.308 e. The first-order valence-electron chi connectivity index (χ1n) is 7.60. The highest BCUT2D eigenvalue weighted by Crippen LogP contribution is 2.21. The molecular weight excluding hydrogens is 246 g/mol. The molecule has 3 nitrogen and oxygen atoms in total. The van der Waals surface area contributed by atoms with Gasteiger partial charge in [0.2, 0.25) is 0 Å². The molecule has 1 aromatic carbocycles. The zero-order valence-electron chi connectivity index (χ0n) is 12.3. The van der Waals surface area contributed by atoms with Crippen molar-refractivity contribution in [2.75, 3.05) is 0 Å². The topological polar surface area (TPSA) is 29.9 Å². The summed E-state index contributed by atoms with van der Waals surface area (Å²) in [6, 6.07) is 11.9. The van der Waals surface area contributed by atoms with Crippen molar-refractivity contribution in [2.45, 2.75) is 51.7 Å². The van der Waals surface area contributed by atoms with Crippen molar-refractivity contribution in [3.8, 4) is 0 Å². The summed E-state index contributed by atoms with van der Waals surface area (Å²) in [5, 5.41) is 8.28. The first-order chi connectivity index (χ1) is 9.76. The van der Waals surface area contributed by atoms with Crippen molar-refractivity contribution in [3.05, 3.63) is 53.3 Å². The maximum atomic E-state index is 4.65. The van der Waals surface area contributed by atoms with E-state index in [0.29, 0.717) is 12.1 Å². The molecule has 1 unspecified atom stereocenters. The van der Waals surface area contributed by atoms with E-state index in [1.54, 1.807) is 0 Å². The standard InChI is InChI=1S/C17H23N3/c1-3-13(2)20-9-8-16(19-20)12-18-17-10-14-6-4-5-7-15(14)11-17/h4-9,13,17-18H,3,10-12H2,1-2H3. The minimum absolute atomic E-state index is 0.486. The highest BCUT2D eigenvalue weighted by molar-refractivity contribution is 5.33. The zero-order chi connectivity index (χ0) is 13.9. The molecule has 0 radical (unpaired) electrons. The van der Waals surface area contributed by atoms with E-state index in [4.69, 9.17) is 0 Å². The lowest BCUT2D eigenvalue weighted by atomic mass is 10.1. The van der Waals surface area contributed by atoms with E-state index in [9.17, 15) is 0 Å². The summed E-state index contributed by atoms with van der Waals surface area (Å²) in [5.41, 5.74) is 4.13. The Bertz CT molecular complexity index is 548. The molecule has 1 heterocycles. The highest BCUT2D eigenvalue weighted by atomic mass is 15.3. The molecule has 0 saturated carbocycles. The van der Waals surface area contributed by atoms with E-state index in [1.165, 1.54) is 11.1 Å². The fourth-order valence-electron chi connectivity index (χ4n) is 2.86. The van der Waals surface area contributed by atoms with E-state index in [-0.39, 0.29) is 0 Å².